The molecule has 0 aromatic carbocycles. The smallest absolute Gasteiger partial charge is 0.234 e. The van der Waals surface area contributed by atoms with Crippen LogP contribution in [0.2, 0.25) is 0 Å². The second-order valence-electron chi connectivity index (χ2n) is 4.76. The van der Waals surface area contributed by atoms with Crippen LogP contribution in [-0.4, -0.2) is 46.0 Å². The van der Waals surface area contributed by atoms with Crippen LogP contribution in [0.5, 0.6) is 0 Å². The number of amides is 1. The minimum absolute atomic E-state index is 0.132. The zero-order valence-corrected chi connectivity index (χ0v) is 11.2. The second-order valence-corrected chi connectivity index (χ2v) is 4.76. The zero-order valence-electron chi connectivity index (χ0n) is 11.2. The number of hydrogen-bond donors (Lipinski definition) is 1. The molecule has 18 heavy (non-hydrogen) atoms. The third-order valence-electron chi connectivity index (χ3n) is 3.56. The first-order valence-electron chi connectivity index (χ1n) is 6.74. The number of nitrogens with one attached hydrogen (secondary N) is 1. The summed E-state index contributed by atoms with van der Waals surface area (Å²) in [7, 11) is 0. The third-order valence-corrected chi connectivity index (χ3v) is 3.56. The topological polar surface area (TPSA) is 50.2 Å². The Balaban J connectivity index is 1.82. The molecule has 1 aromatic rings. The van der Waals surface area contributed by atoms with Gasteiger partial charge in [-0.2, -0.15) is 0 Å². The van der Waals surface area contributed by atoms with Crippen molar-refractivity contribution < 1.29 is 4.79 Å². The Hall–Kier alpha value is -1.36. The minimum Gasteiger partial charge on any atom is -0.350 e. The van der Waals surface area contributed by atoms with Crippen molar-refractivity contribution in [2.24, 2.45) is 0 Å². The van der Waals surface area contributed by atoms with Crippen molar-refractivity contribution in [2.75, 3.05) is 19.6 Å². The van der Waals surface area contributed by atoms with Gasteiger partial charge >= 0.3 is 0 Å². The molecule has 1 aromatic heterocycles. The number of aryl methyl sites for hydroxylation is 1. The van der Waals surface area contributed by atoms with E-state index in [4.69, 9.17) is 0 Å². The van der Waals surface area contributed by atoms with Crippen molar-refractivity contribution in [2.45, 2.75) is 39.3 Å². The van der Waals surface area contributed by atoms with Gasteiger partial charge in [-0.3, -0.25) is 9.69 Å². The van der Waals surface area contributed by atoms with Gasteiger partial charge in [-0.25, -0.2) is 4.98 Å². The monoisotopic (exact) mass is 250 g/mol. The number of imidazole rings is 1. The molecule has 1 N–H and O–H groups in total. The lowest BCUT2D eigenvalue weighted by atomic mass is 10.1. The van der Waals surface area contributed by atoms with Crippen molar-refractivity contribution in [3.63, 3.8) is 0 Å². The van der Waals surface area contributed by atoms with E-state index in [0.29, 0.717) is 6.54 Å². The molecule has 1 atom stereocenters. The van der Waals surface area contributed by atoms with Crippen LogP contribution in [0.15, 0.2) is 12.4 Å². The summed E-state index contributed by atoms with van der Waals surface area (Å²) < 4.78 is 2.13. The van der Waals surface area contributed by atoms with Crippen LogP contribution < -0.4 is 5.32 Å². The summed E-state index contributed by atoms with van der Waals surface area (Å²) in [6.45, 7) is 7.34. The fourth-order valence-electron chi connectivity index (χ4n) is 2.41. The van der Waals surface area contributed by atoms with Crippen LogP contribution in [-0.2, 0) is 17.8 Å². The Morgan fingerprint density at radius 2 is 2.33 bits per heavy atom. The second kappa shape index (κ2) is 6.00. The maximum absolute atomic E-state index is 11.9. The van der Waals surface area contributed by atoms with E-state index in [2.05, 4.69) is 33.6 Å². The van der Waals surface area contributed by atoms with Gasteiger partial charge in [-0.05, 0) is 19.5 Å². The lowest BCUT2D eigenvalue weighted by Gasteiger charge is -2.26. The van der Waals surface area contributed by atoms with Gasteiger partial charge in [0.05, 0.1) is 6.54 Å². The summed E-state index contributed by atoms with van der Waals surface area (Å²) in [6, 6.07) is 0.245. The number of likely N-dealkylation sites (N-methyl/N-ethyl adjacent to an activating group) is 1. The number of nitrogens with zero attached hydrogens (tertiary/aromatic N) is 3. The molecule has 0 saturated carbocycles. The summed E-state index contributed by atoms with van der Waals surface area (Å²) in [5, 5.41) is 3.12. The number of carbonyl (C=O) groups excluding carboxylic acids is 1. The molecule has 2 rings (SSSR count). The summed E-state index contributed by atoms with van der Waals surface area (Å²) in [6.07, 6.45) is 5.75. The van der Waals surface area contributed by atoms with Crippen molar-refractivity contribution in [3.05, 3.63) is 18.2 Å². The average molecular weight is 250 g/mol. The highest BCUT2D eigenvalue weighted by molar-refractivity contribution is 5.78. The number of carbonyl (C=O) groups is 1. The van der Waals surface area contributed by atoms with Crippen LogP contribution in [0, 0.1) is 0 Å². The van der Waals surface area contributed by atoms with E-state index in [1.54, 1.807) is 0 Å². The summed E-state index contributed by atoms with van der Waals surface area (Å²) in [5.74, 6) is 1.26. The van der Waals surface area contributed by atoms with Crippen LogP contribution in [0.4, 0.5) is 0 Å². The highest BCUT2D eigenvalue weighted by Gasteiger charge is 2.20. The number of aromatic nitrogens is 2. The number of rotatable bonds is 5. The molecule has 5 nitrogen and oxygen atoms in total. The van der Waals surface area contributed by atoms with E-state index in [1.165, 1.54) is 0 Å². The first-order chi connectivity index (χ1) is 8.72. The predicted molar refractivity (Wildman–Crippen MR) is 70.3 cm³/mol. The van der Waals surface area contributed by atoms with Crippen LogP contribution in [0.3, 0.4) is 0 Å². The summed E-state index contributed by atoms with van der Waals surface area (Å²) in [5.41, 5.74) is 0. The standard InChI is InChI=1S/C13H22N4O/c1-3-16(4-2)10-13(18)15-11-5-6-12-14-7-8-17(12)9-11/h7-8,11H,3-6,9-10H2,1-2H3,(H,15,18)/t11-/m1/s1. The largest absolute Gasteiger partial charge is 0.350 e. The fourth-order valence-corrected chi connectivity index (χ4v) is 2.41. The van der Waals surface area contributed by atoms with E-state index < -0.39 is 0 Å². The number of fused-ring (bicyclic) bond motifs is 1. The molecule has 100 valence electrons. The Labute approximate surface area is 108 Å². The minimum atomic E-state index is 0.132. The Bertz CT molecular complexity index is 397. The van der Waals surface area contributed by atoms with Gasteiger partial charge in [-0.15, -0.1) is 0 Å². The highest BCUT2D eigenvalue weighted by atomic mass is 16.2. The van der Waals surface area contributed by atoms with Gasteiger partial charge in [0.2, 0.25) is 5.91 Å². The molecular weight excluding hydrogens is 228 g/mol. The van der Waals surface area contributed by atoms with E-state index in [0.717, 1.165) is 38.3 Å². The number of hydrogen-bond acceptors (Lipinski definition) is 3. The van der Waals surface area contributed by atoms with E-state index in [9.17, 15) is 4.79 Å². The maximum atomic E-state index is 11.9. The van der Waals surface area contributed by atoms with Gasteiger partial charge in [0.15, 0.2) is 0 Å². The van der Waals surface area contributed by atoms with Crippen molar-refractivity contribution in [1.82, 2.24) is 19.8 Å². The first kappa shape index (κ1) is 13.1. The zero-order chi connectivity index (χ0) is 13.0. The van der Waals surface area contributed by atoms with E-state index in [-0.39, 0.29) is 11.9 Å². The fraction of sp³-hybridized carbons (Fsp3) is 0.692. The lowest BCUT2D eigenvalue weighted by molar-refractivity contribution is -0.123. The Kier molecular flexibility index (Phi) is 4.36. The Morgan fingerprint density at radius 1 is 1.56 bits per heavy atom. The van der Waals surface area contributed by atoms with Gasteiger partial charge in [0.25, 0.3) is 0 Å². The summed E-state index contributed by atoms with van der Waals surface area (Å²) in [4.78, 5) is 18.3. The van der Waals surface area contributed by atoms with Gasteiger partial charge in [0, 0.05) is 31.4 Å². The van der Waals surface area contributed by atoms with E-state index in [1.807, 2.05) is 12.4 Å². The molecule has 0 unspecified atom stereocenters. The molecule has 0 aliphatic carbocycles. The molecule has 0 fully saturated rings. The van der Waals surface area contributed by atoms with Crippen LogP contribution >= 0.6 is 0 Å². The van der Waals surface area contributed by atoms with Gasteiger partial charge in [0.1, 0.15) is 5.82 Å². The first-order valence-corrected chi connectivity index (χ1v) is 6.74. The van der Waals surface area contributed by atoms with Crippen LogP contribution in [0.1, 0.15) is 26.1 Å². The molecule has 2 heterocycles. The highest BCUT2D eigenvalue weighted by Crippen LogP contribution is 2.12. The molecule has 0 radical (unpaired) electrons. The SMILES string of the molecule is CCN(CC)CC(=O)N[C@@H]1CCc2nccn2C1. The molecule has 0 spiro atoms. The maximum Gasteiger partial charge on any atom is 0.234 e. The molecule has 1 aliphatic heterocycles. The van der Waals surface area contributed by atoms with Crippen molar-refractivity contribution in [3.8, 4) is 0 Å². The molecule has 1 amide bonds. The molecular formula is C13H22N4O. The van der Waals surface area contributed by atoms with Crippen LogP contribution in [0.25, 0.3) is 0 Å². The molecule has 5 heteroatoms. The Morgan fingerprint density at radius 3 is 3.06 bits per heavy atom. The quantitative estimate of drug-likeness (QED) is 0.835. The van der Waals surface area contributed by atoms with Crippen molar-refractivity contribution >= 4 is 5.91 Å². The van der Waals surface area contributed by atoms with Gasteiger partial charge in [-0.1, -0.05) is 13.8 Å². The normalized spacial score (nSPS) is 18.7. The third kappa shape index (κ3) is 3.10. The molecule has 0 bridgehead atoms. The summed E-state index contributed by atoms with van der Waals surface area (Å²) >= 11 is 0. The predicted octanol–water partition coefficient (Wildman–Crippen LogP) is 0.656. The lowest BCUT2D eigenvalue weighted by Crippen LogP contribution is -2.45. The van der Waals surface area contributed by atoms with Gasteiger partial charge < -0.3 is 9.88 Å². The molecule has 0 saturated heterocycles. The average Bonchev–Trinajstić information content (AvgIpc) is 2.83. The molecule has 1 aliphatic rings. The van der Waals surface area contributed by atoms with E-state index >= 15 is 0 Å². The van der Waals surface area contributed by atoms with Crippen molar-refractivity contribution in [1.29, 1.82) is 0 Å².